The lowest BCUT2D eigenvalue weighted by molar-refractivity contribution is 0.148. The molecule has 1 N–H and O–H groups in total. The van der Waals surface area contributed by atoms with Gasteiger partial charge in [-0.15, -0.1) is 0 Å². The van der Waals surface area contributed by atoms with E-state index < -0.39 is 0 Å². The molecule has 0 fully saturated rings. The molecule has 0 aliphatic carbocycles. The molecule has 0 amide bonds. The molecule has 0 spiro atoms. The number of nitrogens with one attached hydrogen (secondary N) is 1. The Hall–Kier alpha value is -0.910. The Labute approximate surface area is 141 Å². The van der Waals surface area contributed by atoms with E-state index in [9.17, 15) is 0 Å². The zero-order valence-electron chi connectivity index (χ0n) is 11.6. The summed E-state index contributed by atoms with van der Waals surface area (Å²) in [4.78, 5) is 4.48. The van der Waals surface area contributed by atoms with Crippen molar-refractivity contribution in [2.24, 2.45) is 0 Å². The van der Waals surface area contributed by atoms with Crippen LogP contribution in [0.2, 0.25) is 0 Å². The third-order valence-electron chi connectivity index (χ3n) is 3.60. The van der Waals surface area contributed by atoms with E-state index in [1.807, 2.05) is 24.4 Å². The molecule has 0 radical (unpaired) electrons. The number of benzene rings is 1. The molecule has 1 aromatic heterocycles. The topological polar surface area (TPSA) is 34.2 Å². The largest absolute Gasteiger partial charge is 0.484 e. The van der Waals surface area contributed by atoms with Crippen molar-refractivity contribution in [2.45, 2.75) is 25.5 Å². The summed E-state index contributed by atoms with van der Waals surface area (Å²) in [5, 5.41) is 3.54. The number of nitrogens with zero attached hydrogens (tertiary/aromatic N) is 1. The summed E-state index contributed by atoms with van der Waals surface area (Å²) < 4.78 is 8.18. The molecule has 5 heteroatoms. The third kappa shape index (κ3) is 3.30. The molecule has 21 heavy (non-hydrogen) atoms. The van der Waals surface area contributed by atoms with E-state index in [4.69, 9.17) is 4.74 Å². The standard InChI is InChI=1S/C16H16Br2N2O/c1-2-19-14-8-16(13-6-4-11(18)9-20-13)21-15-7-10(17)3-5-12(14)15/h3-7,9,14,16,19H,2,8H2,1H3. The summed E-state index contributed by atoms with van der Waals surface area (Å²) in [7, 11) is 0. The van der Waals surface area contributed by atoms with Gasteiger partial charge in [-0.1, -0.05) is 28.9 Å². The predicted molar refractivity (Wildman–Crippen MR) is 90.5 cm³/mol. The molecule has 2 unspecified atom stereocenters. The molecule has 3 nitrogen and oxygen atoms in total. The van der Waals surface area contributed by atoms with Crippen LogP contribution in [0.4, 0.5) is 0 Å². The lowest BCUT2D eigenvalue weighted by atomic mass is 9.95. The van der Waals surface area contributed by atoms with Crippen LogP contribution in [-0.2, 0) is 0 Å². The highest BCUT2D eigenvalue weighted by atomic mass is 79.9. The summed E-state index contributed by atoms with van der Waals surface area (Å²) in [5.41, 5.74) is 2.18. The van der Waals surface area contributed by atoms with Crippen LogP contribution in [-0.4, -0.2) is 11.5 Å². The second-order valence-electron chi connectivity index (χ2n) is 5.04. The molecule has 110 valence electrons. The molecule has 2 aromatic rings. The molecule has 0 bridgehead atoms. The lowest BCUT2D eigenvalue weighted by Gasteiger charge is -2.32. The number of halogens is 2. The van der Waals surface area contributed by atoms with Gasteiger partial charge in [0.1, 0.15) is 11.9 Å². The van der Waals surface area contributed by atoms with Crippen LogP contribution in [0, 0.1) is 0 Å². The zero-order valence-corrected chi connectivity index (χ0v) is 14.8. The van der Waals surface area contributed by atoms with Crippen molar-refractivity contribution in [3.05, 3.63) is 56.7 Å². The number of pyridine rings is 1. The highest BCUT2D eigenvalue weighted by Gasteiger charge is 2.29. The van der Waals surface area contributed by atoms with E-state index in [0.717, 1.165) is 33.4 Å². The quantitative estimate of drug-likeness (QED) is 0.788. The maximum absolute atomic E-state index is 6.17. The van der Waals surface area contributed by atoms with Gasteiger partial charge in [-0.3, -0.25) is 4.98 Å². The summed E-state index contributed by atoms with van der Waals surface area (Å²) in [6.07, 6.45) is 2.68. The van der Waals surface area contributed by atoms with Crippen LogP contribution in [0.15, 0.2) is 45.5 Å². The van der Waals surface area contributed by atoms with Crippen molar-refractivity contribution in [3.8, 4) is 5.75 Å². The Morgan fingerprint density at radius 1 is 1.24 bits per heavy atom. The van der Waals surface area contributed by atoms with Crippen LogP contribution in [0.1, 0.15) is 36.7 Å². The van der Waals surface area contributed by atoms with Gasteiger partial charge < -0.3 is 10.1 Å². The average molecular weight is 412 g/mol. The van der Waals surface area contributed by atoms with Gasteiger partial charge in [0.25, 0.3) is 0 Å². The third-order valence-corrected chi connectivity index (χ3v) is 4.56. The van der Waals surface area contributed by atoms with E-state index in [1.54, 1.807) is 0 Å². The minimum atomic E-state index is -0.0241. The van der Waals surface area contributed by atoms with E-state index in [0.29, 0.717) is 6.04 Å². The normalized spacial score (nSPS) is 20.7. The highest BCUT2D eigenvalue weighted by Crippen LogP contribution is 2.41. The smallest absolute Gasteiger partial charge is 0.142 e. The molecule has 0 saturated heterocycles. The molecule has 1 aromatic carbocycles. The Kier molecular flexibility index (Phi) is 4.62. The molecule has 3 rings (SSSR count). The molecule has 2 heterocycles. The molecule has 0 saturated carbocycles. The SMILES string of the molecule is CCNC1CC(c2ccc(Br)cn2)Oc2cc(Br)ccc21. The van der Waals surface area contributed by atoms with Crippen LogP contribution in [0.5, 0.6) is 5.75 Å². The van der Waals surface area contributed by atoms with Gasteiger partial charge in [-0.25, -0.2) is 0 Å². The Bertz CT molecular complexity index is 631. The van der Waals surface area contributed by atoms with Crippen molar-refractivity contribution in [1.82, 2.24) is 10.3 Å². The van der Waals surface area contributed by atoms with Crippen LogP contribution < -0.4 is 10.1 Å². The van der Waals surface area contributed by atoms with Crippen molar-refractivity contribution >= 4 is 31.9 Å². The first-order valence-corrected chi connectivity index (χ1v) is 8.57. The Balaban J connectivity index is 1.94. The van der Waals surface area contributed by atoms with Crippen molar-refractivity contribution in [2.75, 3.05) is 6.54 Å². The molecule has 2 atom stereocenters. The van der Waals surface area contributed by atoms with Gasteiger partial charge in [-0.05, 0) is 46.7 Å². The zero-order chi connectivity index (χ0) is 14.8. The average Bonchev–Trinajstić information content (AvgIpc) is 2.47. The van der Waals surface area contributed by atoms with Gasteiger partial charge in [0.05, 0.1) is 5.69 Å². The van der Waals surface area contributed by atoms with Crippen molar-refractivity contribution in [3.63, 3.8) is 0 Å². The van der Waals surface area contributed by atoms with E-state index in [1.165, 1.54) is 5.56 Å². The second kappa shape index (κ2) is 6.46. The van der Waals surface area contributed by atoms with E-state index in [2.05, 4.69) is 61.2 Å². The van der Waals surface area contributed by atoms with Gasteiger partial charge in [0.15, 0.2) is 0 Å². The van der Waals surface area contributed by atoms with E-state index >= 15 is 0 Å². The fourth-order valence-electron chi connectivity index (χ4n) is 2.64. The number of hydrogen-bond acceptors (Lipinski definition) is 3. The lowest BCUT2D eigenvalue weighted by Crippen LogP contribution is -2.29. The van der Waals surface area contributed by atoms with E-state index in [-0.39, 0.29) is 6.10 Å². The summed E-state index contributed by atoms with van der Waals surface area (Å²) in [6.45, 7) is 3.06. The maximum atomic E-state index is 6.17. The fraction of sp³-hybridized carbons (Fsp3) is 0.312. The highest BCUT2D eigenvalue weighted by molar-refractivity contribution is 9.10. The van der Waals surface area contributed by atoms with Gasteiger partial charge in [-0.2, -0.15) is 0 Å². The number of rotatable bonds is 3. The van der Waals surface area contributed by atoms with Gasteiger partial charge >= 0.3 is 0 Å². The molecular formula is C16H16Br2N2O. The summed E-state index contributed by atoms with van der Waals surface area (Å²) >= 11 is 6.93. The van der Waals surface area contributed by atoms with Crippen LogP contribution in [0.25, 0.3) is 0 Å². The summed E-state index contributed by atoms with van der Waals surface area (Å²) in [5.74, 6) is 0.927. The fourth-order valence-corrected chi connectivity index (χ4v) is 3.21. The molecular weight excluding hydrogens is 396 g/mol. The second-order valence-corrected chi connectivity index (χ2v) is 6.87. The number of hydrogen-bond donors (Lipinski definition) is 1. The van der Waals surface area contributed by atoms with Gasteiger partial charge in [0, 0.05) is 33.2 Å². The first-order valence-electron chi connectivity index (χ1n) is 6.98. The van der Waals surface area contributed by atoms with Gasteiger partial charge in [0.2, 0.25) is 0 Å². The number of fused-ring (bicyclic) bond motifs is 1. The number of aromatic nitrogens is 1. The summed E-state index contributed by atoms with van der Waals surface area (Å²) in [6, 6.07) is 10.5. The minimum absolute atomic E-state index is 0.0241. The Morgan fingerprint density at radius 3 is 2.76 bits per heavy atom. The first-order chi connectivity index (χ1) is 10.2. The monoisotopic (exact) mass is 410 g/mol. The Morgan fingerprint density at radius 2 is 2.05 bits per heavy atom. The van der Waals surface area contributed by atoms with Crippen molar-refractivity contribution in [1.29, 1.82) is 0 Å². The van der Waals surface area contributed by atoms with Crippen LogP contribution >= 0.6 is 31.9 Å². The molecule has 1 aliphatic rings. The maximum Gasteiger partial charge on any atom is 0.142 e. The first kappa shape index (κ1) is 15.0. The predicted octanol–water partition coefficient (Wildman–Crippen LogP) is 4.78. The minimum Gasteiger partial charge on any atom is -0.484 e. The van der Waals surface area contributed by atoms with Crippen molar-refractivity contribution < 1.29 is 4.74 Å². The number of ether oxygens (including phenoxy) is 1. The molecule has 1 aliphatic heterocycles. The van der Waals surface area contributed by atoms with Crippen LogP contribution in [0.3, 0.4) is 0 Å².